The Bertz CT molecular complexity index is 571. The van der Waals surface area contributed by atoms with Gasteiger partial charge in [0.25, 0.3) is 0 Å². The van der Waals surface area contributed by atoms with Crippen molar-refractivity contribution in [3.63, 3.8) is 0 Å². The quantitative estimate of drug-likeness (QED) is 0.751. The van der Waals surface area contributed by atoms with Crippen molar-refractivity contribution in [3.05, 3.63) is 44.9 Å². The van der Waals surface area contributed by atoms with Crippen LogP contribution in [0.15, 0.2) is 33.5 Å². The highest BCUT2D eigenvalue weighted by atomic mass is 79.9. The molecule has 0 bridgehead atoms. The SMILES string of the molecule is CCNC(c1ccc(Br)cn1)c1c(Br)cnn1CCOC. The van der Waals surface area contributed by atoms with Gasteiger partial charge in [0.05, 0.1) is 41.3 Å². The van der Waals surface area contributed by atoms with E-state index in [9.17, 15) is 0 Å². The summed E-state index contributed by atoms with van der Waals surface area (Å²) in [5.74, 6) is 0. The molecule has 0 saturated carbocycles. The van der Waals surface area contributed by atoms with Gasteiger partial charge in [-0.25, -0.2) is 0 Å². The molecule has 1 N–H and O–H groups in total. The highest BCUT2D eigenvalue weighted by Crippen LogP contribution is 2.28. The molecule has 0 radical (unpaired) electrons. The molecule has 0 aliphatic carbocycles. The Morgan fingerprint density at radius 3 is 2.76 bits per heavy atom. The molecule has 1 unspecified atom stereocenters. The zero-order valence-electron chi connectivity index (χ0n) is 12.0. The first-order valence-electron chi connectivity index (χ1n) is 6.72. The van der Waals surface area contributed by atoms with E-state index >= 15 is 0 Å². The van der Waals surface area contributed by atoms with E-state index in [2.05, 4.69) is 54.2 Å². The molecule has 0 aliphatic rings. The molecule has 2 aromatic heterocycles. The largest absolute Gasteiger partial charge is 0.383 e. The molecule has 0 spiro atoms. The topological polar surface area (TPSA) is 52.0 Å². The summed E-state index contributed by atoms with van der Waals surface area (Å²) < 4.78 is 9.03. The molecule has 0 aromatic carbocycles. The molecule has 0 saturated heterocycles. The van der Waals surface area contributed by atoms with Crippen LogP contribution in [0.4, 0.5) is 0 Å². The van der Waals surface area contributed by atoms with Gasteiger partial charge >= 0.3 is 0 Å². The summed E-state index contributed by atoms with van der Waals surface area (Å²) in [5.41, 5.74) is 2.02. The van der Waals surface area contributed by atoms with Gasteiger partial charge in [0.15, 0.2) is 0 Å². The van der Waals surface area contributed by atoms with Crippen LogP contribution in [0.5, 0.6) is 0 Å². The minimum Gasteiger partial charge on any atom is -0.383 e. The van der Waals surface area contributed by atoms with Crippen LogP contribution >= 0.6 is 31.9 Å². The van der Waals surface area contributed by atoms with Gasteiger partial charge in [-0.15, -0.1) is 0 Å². The predicted octanol–water partition coefficient (Wildman–Crippen LogP) is 3.15. The fourth-order valence-electron chi connectivity index (χ4n) is 2.12. The number of pyridine rings is 1. The minimum atomic E-state index is -0.0168. The molecule has 0 amide bonds. The van der Waals surface area contributed by atoms with E-state index in [0.29, 0.717) is 13.2 Å². The van der Waals surface area contributed by atoms with Crippen LogP contribution in [0.3, 0.4) is 0 Å². The Kier molecular flexibility index (Phi) is 6.35. The van der Waals surface area contributed by atoms with Crippen LogP contribution in [0.1, 0.15) is 24.4 Å². The molecular weight excluding hydrogens is 400 g/mol. The van der Waals surface area contributed by atoms with Crippen LogP contribution in [0.25, 0.3) is 0 Å². The van der Waals surface area contributed by atoms with Gasteiger partial charge in [-0.3, -0.25) is 9.67 Å². The summed E-state index contributed by atoms with van der Waals surface area (Å²) in [6.45, 7) is 4.24. The van der Waals surface area contributed by atoms with Gasteiger partial charge in [-0.2, -0.15) is 5.10 Å². The number of hydrogen-bond acceptors (Lipinski definition) is 4. The fourth-order valence-corrected chi connectivity index (χ4v) is 2.88. The van der Waals surface area contributed by atoms with Crippen molar-refractivity contribution >= 4 is 31.9 Å². The number of nitrogens with zero attached hydrogens (tertiary/aromatic N) is 3. The van der Waals surface area contributed by atoms with Gasteiger partial charge in [-0.1, -0.05) is 6.92 Å². The van der Waals surface area contributed by atoms with E-state index in [1.165, 1.54) is 0 Å². The summed E-state index contributed by atoms with van der Waals surface area (Å²) in [6.07, 6.45) is 3.62. The molecule has 2 aromatic rings. The van der Waals surface area contributed by atoms with Crippen molar-refractivity contribution in [2.75, 3.05) is 20.3 Å². The lowest BCUT2D eigenvalue weighted by atomic mass is 10.1. The second-order valence-corrected chi connectivity index (χ2v) is 6.26. The first-order valence-corrected chi connectivity index (χ1v) is 8.31. The van der Waals surface area contributed by atoms with Crippen LogP contribution in [0, 0.1) is 0 Å². The summed E-state index contributed by atoms with van der Waals surface area (Å²) in [4.78, 5) is 4.51. The predicted molar refractivity (Wildman–Crippen MR) is 89.3 cm³/mol. The average molecular weight is 418 g/mol. The number of ether oxygens (including phenoxy) is 1. The third-order valence-corrected chi connectivity index (χ3v) is 4.15. The zero-order valence-corrected chi connectivity index (χ0v) is 15.2. The summed E-state index contributed by atoms with van der Waals surface area (Å²) >= 11 is 7.01. The van der Waals surface area contributed by atoms with Crippen LogP contribution in [0.2, 0.25) is 0 Å². The minimum absolute atomic E-state index is 0.0168. The second kappa shape index (κ2) is 8.03. The van der Waals surface area contributed by atoms with E-state index in [0.717, 1.165) is 26.9 Å². The third kappa shape index (κ3) is 4.12. The fraction of sp³-hybridized carbons (Fsp3) is 0.429. The lowest BCUT2D eigenvalue weighted by Gasteiger charge is -2.20. The number of nitrogens with one attached hydrogen (secondary N) is 1. The monoisotopic (exact) mass is 416 g/mol. The maximum absolute atomic E-state index is 5.15. The Hall–Kier alpha value is -0.760. The van der Waals surface area contributed by atoms with Crippen LogP contribution < -0.4 is 5.32 Å². The first kappa shape index (κ1) is 16.6. The van der Waals surface area contributed by atoms with E-state index < -0.39 is 0 Å². The Balaban J connectivity index is 2.37. The molecule has 21 heavy (non-hydrogen) atoms. The smallest absolute Gasteiger partial charge is 0.0933 e. The maximum atomic E-state index is 5.15. The van der Waals surface area contributed by atoms with Crippen molar-refractivity contribution in [2.24, 2.45) is 0 Å². The Labute approximate surface area is 141 Å². The number of rotatable bonds is 7. The van der Waals surface area contributed by atoms with E-state index in [1.807, 2.05) is 29.2 Å². The number of halogens is 2. The number of hydrogen-bond donors (Lipinski definition) is 1. The molecule has 5 nitrogen and oxygen atoms in total. The van der Waals surface area contributed by atoms with Crippen molar-refractivity contribution in [1.82, 2.24) is 20.1 Å². The van der Waals surface area contributed by atoms with Gasteiger partial charge in [-0.05, 0) is 50.5 Å². The van der Waals surface area contributed by atoms with Gasteiger partial charge < -0.3 is 10.1 Å². The normalized spacial score (nSPS) is 12.6. The first-order chi connectivity index (χ1) is 10.2. The third-order valence-electron chi connectivity index (χ3n) is 3.07. The van der Waals surface area contributed by atoms with Gasteiger partial charge in [0.2, 0.25) is 0 Å². The van der Waals surface area contributed by atoms with E-state index in [4.69, 9.17) is 4.74 Å². The van der Waals surface area contributed by atoms with E-state index in [-0.39, 0.29) is 6.04 Å². The summed E-state index contributed by atoms with van der Waals surface area (Å²) in [6, 6.07) is 3.99. The molecule has 2 rings (SSSR count). The van der Waals surface area contributed by atoms with Gasteiger partial charge in [0, 0.05) is 17.8 Å². The van der Waals surface area contributed by atoms with Crippen molar-refractivity contribution in [3.8, 4) is 0 Å². The van der Waals surface area contributed by atoms with Crippen molar-refractivity contribution < 1.29 is 4.74 Å². The standard InChI is InChI=1S/C14H18Br2N4O/c1-3-17-13(12-5-4-10(15)8-18-12)14-11(16)9-19-20(14)6-7-21-2/h4-5,8-9,13,17H,3,6-7H2,1-2H3. The van der Waals surface area contributed by atoms with E-state index in [1.54, 1.807) is 7.11 Å². The van der Waals surface area contributed by atoms with Crippen LogP contribution in [-0.2, 0) is 11.3 Å². The molecule has 1 atom stereocenters. The highest BCUT2D eigenvalue weighted by molar-refractivity contribution is 9.10. The van der Waals surface area contributed by atoms with Crippen LogP contribution in [-0.4, -0.2) is 35.0 Å². The Morgan fingerprint density at radius 1 is 1.33 bits per heavy atom. The maximum Gasteiger partial charge on any atom is 0.0933 e. The molecule has 2 heterocycles. The summed E-state index contributed by atoms with van der Waals surface area (Å²) in [7, 11) is 1.69. The van der Waals surface area contributed by atoms with Crippen molar-refractivity contribution in [1.29, 1.82) is 0 Å². The average Bonchev–Trinajstić information content (AvgIpc) is 2.84. The van der Waals surface area contributed by atoms with Crippen molar-refractivity contribution in [2.45, 2.75) is 19.5 Å². The lowest BCUT2D eigenvalue weighted by molar-refractivity contribution is 0.182. The zero-order chi connectivity index (χ0) is 15.2. The molecule has 7 heteroatoms. The highest BCUT2D eigenvalue weighted by Gasteiger charge is 2.22. The molecular formula is C14H18Br2N4O. The molecule has 0 aliphatic heterocycles. The Morgan fingerprint density at radius 2 is 2.14 bits per heavy atom. The molecule has 0 fully saturated rings. The molecule has 114 valence electrons. The number of aromatic nitrogens is 3. The second-order valence-electron chi connectivity index (χ2n) is 4.49. The summed E-state index contributed by atoms with van der Waals surface area (Å²) in [5, 5.41) is 7.88. The lowest BCUT2D eigenvalue weighted by Crippen LogP contribution is -2.26. The van der Waals surface area contributed by atoms with Gasteiger partial charge in [0.1, 0.15) is 0 Å². The number of methoxy groups -OCH3 is 1.